The van der Waals surface area contributed by atoms with Crippen LogP contribution in [-0.2, 0) is 6.42 Å². The van der Waals surface area contributed by atoms with Gasteiger partial charge in [-0.1, -0.05) is 32.0 Å². The standard InChI is InChI=1S/C22H23N3O2/c1-14-7-5-10-18(23-14)20-24-19(15-8-6-9-16(11-15)26-4)17-12-22(2,3)13-27-21(17)25-20/h5-11H,12-13H2,1-4H3. The molecule has 5 nitrogen and oxygen atoms in total. The van der Waals surface area contributed by atoms with E-state index in [4.69, 9.17) is 19.4 Å². The highest BCUT2D eigenvalue weighted by molar-refractivity contribution is 5.69. The SMILES string of the molecule is COc1cccc(-c2nc(-c3cccc(C)n3)nc3c2CC(C)(C)CO3)c1. The molecular formula is C22H23N3O2. The summed E-state index contributed by atoms with van der Waals surface area (Å²) in [6.07, 6.45) is 0.858. The van der Waals surface area contributed by atoms with E-state index in [0.29, 0.717) is 18.3 Å². The van der Waals surface area contributed by atoms with Crippen LogP contribution in [0, 0.1) is 12.3 Å². The Kier molecular flexibility index (Phi) is 4.30. The van der Waals surface area contributed by atoms with Crippen molar-refractivity contribution in [1.82, 2.24) is 15.0 Å². The van der Waals surface area contributed by atoms with Crippen LogP contribution in [0.1, 0.15) is 25.1 Å². The molecule has 1 aliphatic heterocycles. The molecule has 0 N–H and O–H groups in total. The van der Waals surface area contributed by atoms with Crippen LogP contribution in [-0.4, -0.2) is 28.7 Å². The lowest BCUT2D eigenvalue weighted by atomic mass is 9.84. The Morgan fingerprint density at radius 1 is 1.04 bits per heavy atom. The fourth-order valence-corrected chi connectivity index (χ4v) is 3.33. The van der Waals surface area contributed by atoms with Gasteiger partial charge in [-0.2, -0.15) is 4.98 Å². The molecule has 138 valence electrons. The summed E-state index contributed by atoms with van der Waals surface area (Å²) in [6, 6.07) is 13.8. The summed E-state index contributed by atoms with van der Waals surface area (Å²) in [6.45, 7) is 6.99. The highest BCUT2D eigenvalue weighted by Crippen LogP contribution is 2.39. The van der Waals surface area contributed by atoms with Crippen LogP contribution in [0.2, 0.25) is 0 Å². The second-order valence-electron chi connectivity index (χ2n) is 7.71. The van der Waals surface area contributed by atoms with Crippen molar-refractivity contribution in [3.8, 4) is 34.4 Å². The first kappa shape index (κ1) is 17.5. The minimum atomic E-state index is 0.0348. The number of hydrogen-bond acceptors (Lipinski definition) is 5. The Balaban J connectivity index is 1.92. The molecular weight excluding hydrogens is 338 g/mol. The van der Waals surface area contributed by atoms with Gasteiger partial charge < -0.3 is 9.47 Å². The zero-order chi connectivity index (χ0) is 19.0. The van der Waals surface area contributed by atoms with Crippen molar-refractivity contribution in [2.24, 2.45) is 5.41 Å². The third kappa shape index (κ3) is 3.50. The molecule has 0 atom stereocenters. The van der Waals surface area contributed by atoms with Crippen molar-refractivity contribution in [3.63, 3.8) is 0 Å². The van der Waals surface area contributed by atoms with Gasteiger partial charge in [0.1, 0.15) is 11.4 Å². The smallest absolute Gasteiger partial charge is 0.220 e. The number of hydrogen-bond donors (Lipinski definition) is 0. The molecule has 4 rings (SSSR count). The average Bonchev–Trinajstić information content (AvgIpc) is 2.66. The molecule has 0 unspecified atom stereocenters. The summed E-state index contributed by atoms with van der Waals surface area (Å²) in [4.78, 5) is 14.2. The molecule has 5 heteroatoms. The van der Waals surface area contributed by atoms with Crippen molar-refractivity contribution in [2.75, 3.05) is 13.7 Å². The number of methoxy groups -OCH3 is 1. The third-order valence-corrected chi connectivity index (χ3v) is 4.68. The highest BCUT2D eigenvalue weighted by Gasteiger charge is 2.31. The maximum atomic E-state index is 6.04. The van der Waals surface area contributed by atoms with Gasteiger partial charge in [-0.05, 0) is 37.6 Å². The number of pyridine rings is 1. The molecule has 0 amide bonds. The Morgan fingerprint density at radius 3 is 2.63 bits per heavy atom. The van der Waals surface area contributed by atoms with Crippen molar-refractivity contribution in [2.45, 2.75) is 27.2 Å². The van der Waals surface area contributed by atoms with Crippen LogP contribution in [0.4, 0.5) is 0 Å². The van der Waals surface area contributed by atoms with Gasteiger partial charge in [0.2, 0.25) is 5.88 Å². The van der Waals surface area contributed by atoms with E-state index in [1.165, 1.54) is 0 Å². The summed E-state index contributed by atoms with van der Waals surface area (Å²) >= 11 is 0. The molecule has 0 fully saturated rings. The lowest BCUT2D eigenvalue weighted by Crippen LogP contribution is -2.30. The topological polar surface area (TPSA) is 57.1 Å². The molecule has 3 aromatic rings. The average molecular weight is 361 g/mol. The van der Waals surface area contributed by atoms with Crippen LogP contribution in [0.5, 0.6) is 11.6 Å². The second kappa shape index (κ2) is 6.65. The first-order chi connectivity index (χ1) is 12.9. The van der Waals surface area contributed by atoms with Crippen LogP contribution in [0.25, 0.3) is 22.8 Å². The van der Waals surface area contributed by atoms with Crippen molar-refractivity contribution >= 4 is 0 Å². The fraction of sp³-hybridized carbons (Fsp3) is 0.318. The van der Waals surface area contributed by atoms with Gasteiger partial charge in [0.25, 0.3) is 0 Å². The monoisotopic (exact) mass is 361 g/mol. The number of aromatic nitrogens is 3. The zero-order valence-electron chi connectivity index (χ0n) is 16.1. The lowest BCUT2D eigenvalue weighted by Gasteiger charge is -2.31. The molecule has 0 aliphatic carbocycles. The van der Waals surface area contributed by atoms with Gasteiger partial charge in [0.15, 0.2) is 5.82 Å². The molecule has 3 heterocycles. The Labute approximate surface area is 159 Å². The van der Waals surface area contributed by atoms with Gasteiger partial charge in [-0.3, -0.25) is 0 Å². The van der Waals surface area contributed by atoms with E-state index in [-0.39, 0.29) is 5.41 Å². The van der Waals surface area contributed by atoms with Gasteiger partial charge in [-0.15, -0.1) is 0 Å². The number of benzene rings is 1. The Hall–Kier alpha value is -2.95. The first-order valence-corrected chi connectivity index (χ1v) is 9.07. The van der Waals surface area contributed by atoms with Crippen molar-refractivity contribution in [1.29, 1.82) is 0 Å². The van der Waals surface area contributed by atoms with Gasteiger partial charge in [0.05, 0.1) is 19.4 Å². The number of rotatable bonds is 3. The quantitative estimate of drug-likeness (QED) is 0.688. The molecule has 1 aliphatic rings. The molecule has 1 aromatic carbocycles. The number of fused-ring (bicyclic) bond motifs is 1. The maximum absolute atomic E-state index is 6.04. The second-order valence-corrected chi connectivity index (χ2v) is 7.71. The van der Waals surface area contributed by atoms with Crippen LogP contribution < -0.4 is 9.47 Å². The van der Waals surface area contributed by atoms with E-state index in [0.717, 1.165) is 40.4 Å². The lowest BCUT2D eigenvalue weighted by molar-refractivity contribution is 0.148. The van der Waals surface area contributed by atoms with Crippen molar-refractivity contribution < 1.29 is 9.47 Å². The van der Waals surface area contributed by atoms with Gasteiger partial charge in [0, 0.05) is 22.2 Å². The third-order valence-electron chi connectivity index (χ3n) is 4.68. The predicted molar refractivity (Wildman–Crippen MR) is 105 cm³/mol. The predicted octanol–water partition coefficient (Wildman–Crippen LogP) is 4.48. The Bertz CT molecular complexity index is 999. The zero-order valence-corrected chi connectivity index (χ0v) is 16.1. The van der Waals surface area contributed by atoms with E-state index in [2.05, 4.69) is 18.8 Å². The highest BCUT2D eigenvalue weighted by atomic mass is 16.5. The fourth-order valence-electron chi connectivity index (χ4n) is 3.33. The molecule has 0 bridgehead atoms. The van der Waals surface area contributed by atoms with Gasteiger partial charge >= 0.3 is 0 Å². The molecule has 27 heavy (non-hydrogen) atoms. The largest absolute Gasteiger partial charge is 0.497 e. The molecule has 0 saturated carbocycles. The summed E-state index contributed by atoms with van der Waals surface area (Å²) in [5.41, 5.74) is 4.62. The van der Waals surface area contributed by atoms with Crippen LogP contribution in [0.15, 0.2) is 42.5 Å². The normalized spacial score (nSPS) is 15.0. The minimum Gasteiger partial charge on any atom is -0.497 e. The molecule has 0 spiro atoms. The summed E-state index contributed by atoms with van der Waals surface area (Å²) < 4.78 is 11.4. The van der Waals surface area contributed by atoms with E-state index >= 15 is 0 Å². The van der Waals surface area contributed by atoms with Crippen LogP contribution >= 0.6 is 0 Å². The Morgan fingerprint density at radius 2 is 1.85 bits per heavy atom. The first-order valence-electron chi connectivity index (χ1n) is 9.07. The summed E-state index contributed by atoms with van der Waals surface area (Å²) in [5.74, 6) is 2.03. The maximum Gasteiger partial charge on any atom is 0.220 e. The molecule has 0 radical (unpaired) electrons. The number of ether oxygens (including phenoxy) is 2. The van der Waals surface area contributed by atoms with Crippen LogP contribution in [0.3, 0.4) is 0 Å². The van der Waals surface area contributed by atoms with Gasteiger partial charge in [-0.25, -0.2) is 9.97 Å². The van der Waals surface area contributed by atoms with Crippen molar-refractivity contribution in [3.05, 3.63) is 53.7 Å². The van der Waals surface area contributed by atoms with E-state index < -0.39 is 0 Å². The molecule has 0 saturated heterocycles. The number of nitrogens with zero attached hydrogens (tertiary/aromatic N) is 3. The van der Waals surface area contributed by atoms with E-state index in [1.807, 2.05) is 49.4 Å². The minimum absolute atomic E-state index is 0.0348. The molecule has 2 aromatic heterocycles. The summed E-state index contributed by atoms with van der Waals surface area (Å²) in [7, 11) is 1.67. The van der Waals surface area contributed by atoms with E-state index in [1.54, 1.807) is 7.11 Å². The summed E-state index contributed by atoms with van der Waals surface area (Å²) in [5, 5.41) is 0. The van der Waals surface area contributed by atoms with E-state index in [9.17, 15) is 0 Å². The number of aryl methyl sites for hydroxylation is 1.